The second-order valence-electron chi connectivity index (χ2n) is 8.51. The highest BCUT2D eigenvalue weighted by atomic mass is 35.5. The van der Waals surface area contributed by atoms with Crippen LogP contribution >= 0.6 is 23.4 Å². The first-order chi connectivity index (χ1) is 15.9. The third-order valence-corrected chi connectivity index (χ3v) is 6.71. The van der Waals surface area contributed by atoms with Crippen LogP contribution in [0, 0.1) is 12.8 Å². The van der Waals surface area contributed by atoms with E-state index in [1.54, 1.807) is 28.8 Å². The summed E-state index contributed by atoms with van der Waals surface area (Å²) in [6.07, 6.45) is 0.417. The molecule has 0 N–H and O–H groups in total. The molecule has 0 radical (unpaired) electrons. The van der Waals surface area contributed by atoms with Crippen LogP contribution < -0.4 is 9.64 Å². The third kappa shape index (κ3) is 5.14. The van der Waals surface area contributed by atoms with Gasteiger partial charge in [-0.15, -0.1) is 10.2 Å². The van der Waals surface area contributed by atoms with Crippen LogP contribution in [0.15, 0.2) is 47.6 Å². The summed E-state index contributed by atoms with van der Waals surface area (Å²) >= 11 is 7.68. The number of aryl methyl sites for hydroxylation is 1. The molecular formula is C25H27ClN4O2S. The smallest absolute Gasteiger partial charge is 0.247 e. The summed E-state index contributed by atoms with van der Waals surface area (Å²) in [5.74, 6) is 1.70. The number of fused-ring (bicyclic) bond motifs is 3. The lowest BCUT2D eigenvalue weighted by molar-refractivity contribution is -0.120. The maximum Gasteiger partial charge on any atom is 0.247 e. The Hall–Kier alpha value is -2.64. The molecule has 3 aromatic rings. The van der Waals surface area contributed by atoms with Gasteiger partial charge in [0.25, 0.3) is 0 Å². The largest absolute Gasteiger partial charge is 0.447 e. The number of hydrogen-bond donors (Lipinski definition) is 0. The summed E-state index contributed by atoms with van der Waals surface area (Å²) in [5.41, 5.74) is 3.90. The normalized spacial score (nSPS) is 15.0. The summed E-state index contributed by atoms with van der Waals surface area (Å²) in [4.78, 5) is 19.8. The van der Waals surface area contributed by atoms with Gasteiger partial charge in [0, 0.05) is 28.3 Å². The lowest BCUT2D eigenvalue weighted by Gasteiger charge is -2.31. The second kappa shape index (κ2) is 10.1. The van der Waals surface area contributed by atoms with E-state index in [1.807, 2.05) is 44.2 Å². The number of nitrogens with zero attached hydrogens (tertiary/aromatic N) is 4. The number of rotatable bonds is 6. The molecule has 0 saturated carbocycles. The van der Waals surface area contributed by atoms with Crippen molar-refractivity contribution in [2.24, 2.45) is 5.92 Å². The molecule has 1 aliphatic rings. The van der Waals surface area contributed by atoms with Gasteiger partial charge < -0.3 is 4.74 Å². The molecule has 1 atom stereocenters. The average molecular weight is 483 g/mol. The Balaban J connectivity index is 1.90. The van der Waals surface area contributed by atoms with E-state index in [9.17, 15) is 4.79 Å². The van der Waals surface area contributed by atoms with Crippen molar-refractivity contribution >= 4 is 35.0 Å². The van der Waals surface area contributed by atoms with Crippen LogP contribution in [0.4, 0.5) is 5.69 Å². The number of amides is 1. The van der Waals surface area contributed by atoms with Gasteiger partial charge in [-0.2, -0.15) is 4.98 Å². The summed E-state index contributed by atoms with van der Waals surface area (Å²) in [6, 6.07) is 13.3. The standard InChI is InChI=1S/C25H27ClN4O2S/c1-5-6-21(31)30-20-12-7-16(4)13-19(20)22-23(27-25(29-28-22)33-14-15(2)3)32-24(30)17-8-10-18(26)11-9-17/h7-13,15,24H,5-6,14H2,1-4H3/t24-/m1/s1. The number of carbonyl (C=O) groups excluding carboxylic acids is 1. The summed E-state index contributed by atoms with van der Waals surface area (Å²) < 4.78 is 6.47. The van der Waals surface area contributed by atoms with Gasteiger partial charge in [0.15, 0.2) is 5.69 Å². The van der Waals surface area contributed by atoms with Gasteiger partial charge >= 0.3 is 0 Å². The van der Waals surface area contributed by atoms with Crippen molar-refractivity contribution in [3.05, 3.63) is 58.6 Å². The van der Waals surface area contributed by atoms with Gasteiger partial charge in [-0.05, 0) is 43.5 Å². The topological polar surface area (TPSA) is 68.2 Å². The summed E-state index contributed by atoms with van der Waals surface area (Å²) in [5, 5.41) is 10.0. The Labute approximate surface area is 203 Å². The first-order valence-electron chi connectivity index (χ1n) is 11.1. The van der Waals surface area contributed by atoms with Crippen LogP contribution in [-0.4, -0.2) is 26.8 Å². The van der Waals surface area contributed by atoms with Crippen molar-refractivity contribution in [1.82, 2.24) is 15.2 Å². The van der Waals surface area contributed by atoms with E-state index in [4.69, 9.17) is 21.3 Å². The molecule has 33 heavy (non-hydrogen) atoms. The van der Waals surface area contributed by atoms with Gasteiger partial charge in [0.2, 0.25) is 23.2 Å². The molecule has 0 bridgehead atoms. The maximum atomic E-state index is 13.4. The van der Waals surface area contributed by atoms with Crippen molar-refractivity contribution in [3.63, 3.8) is 0 Å². The van der Waals surface area contributed by atoms with E-state index in [0.29, 0.717) is 34.1 Å². The minimum atomic E-state index is -0.705. The maximum absolute atomic E-state index is 13.4. The van der Waals surface area contributed by atoms with Crippen LogP contribution in [0.2, 0.25) is 5.02 Å². The molecule has 0 unspecified atom stereocenters. The van der Waals surface area contributed by atoms with Crippen LogP contribution in [-0.2, 0) is 4.79 Å². The highest BCUT2D eigenvalue weighted by Gasteiger charge is 2.35. The third-order valence-electron chi connectivity index (χ3n) is 5.19. The lowest BCUT2D eigenvalue weighted by atomic mass is 10.0. The quantitative estimate of drug-likeness (QED) is 0.375. The Morgan fingerprint density at radius 2 is 1.94 bits per heavy atom. The van der Waals surface area contributed by atoms with Crippen molar-refractivity contribution < 1.29 is 9.53 Å². The number of aromatic nitrogens is 3. The van der Waals surface area contributed by atoms with E-state index in [2.05, 4.69) is 24.0 Å². The molecule has 0 spiro atoms. The fourth-order valence-corrected chi connectivity index (χ4v) is 4.48. The van der Waals surface area contributed by atoms with E-state index in [-0.39, 0.29) is 5.91 Å². The predicted molar refractivity (Wildman–Crippen MR) is 133 cm³/mol. The number of anilines is 1. The van der Waals surface area contributed by atoms with E-state index in [0.717, 1.165) is 34.6 Å². The molecule has 1 aliphatic heterocycles. The van der Waals surface area contributed by atoms with E-state index in [1.165, 1.54) is 0 Å². The zero-order chi connectivity index (χ0) is 23.5. The highest BCUT2D eigenvalue weighted by molar-refractivity contribution is 7.99. The van der Waals surface area contributed by atoms with Gasteiger partial charge in [-0.3, -0.25) is 9.69 Å². The zero-order valence-electron chi connectivity index (χ0n) is 19.2. The summed E-state index contributed by atoms with van der Waals surface area (Å²) in [6.45, 7) is 8.29. The minimum absolute atomic E-state index is 0.0299. The van der Waals surface area contributed by atoms with Gasteiger partial charge in [-0.25, -0.2) is 0 Å². The number of thioether (sulfide) groups is 1. The minimum Gasteiger partial charge on any atom is -0.447 e. The van der Waals surface area contributed by atoms with Crippen molar-refractivity contribution in [2.45, 2.75) is 51.9 Å². The predicted octanol–water partition coefficient (Wildman–Crippen LogP) is 6.47. The molecule has 1 amide bonds. The molecule has 2 aromatic carbocycles. The molecule has 0 fully saturated rings. The Morgan fingerprint density at radius 3 is 2.64 bits per heavy atom. The van der Waals surface area contributed by atoms with Crippen molar-refractivity contribution in [3.8, 4) is 17.1 Å². The Morgan fingerprint density at radius 1 is 1.18 bits per heavy atom. The Kier molecular flexibility index (Phi) is 7.20. The molecule has 0 saturated heterocycles. The second-order valence-corrected chi connectivity index (χ2v) is 9.93. The first-order valence-corrected chi connectivity index (χ1v) is 12.5. The molecule has 0 aliphatic carbocycles. The molecular weight excluding hydrogens is 456 g/mol. The molecule has 6 nitrogen and oxygen atoms in total. The number of hydrogen-bond acceptors (Lipinski definition) is 6. The zero-order valence-corrected chi connectivity index (χ0v) is 20.8. The molecule has 1 aromatic heterocycles. The highest BCUT2D eigenvalue weighted by Crippen LogP contribution is 2.44. The number of ether oxygens (including phenoxy) is 1. The van der Waals surface area contributed by atoms with Crippen molar-refractivity contribution in [2.75, 3.05) is 10.7 Å². The monoisotopic (exact) mass is 482 g/mol. The van der Waals surface area contributed by atoms with Gasteiger partial charge in [0.05, 0.1) is 5.69 Å². The number of benzene rings is 2. The molecule has 8 heteroatoms. The first kappa shape index (κ1) is 23.5. The molecule has 4 rings (SSSR count). The Bertz CT molecular complexity index is 1150. The van der Waals surface area contributed by atoms with Crippen LogP contribution in [0.1, 0.15) is 51.0 Å². The van der Waals surface area contributed by atoms with Crippen molar-refractivity contribution in [1.29, 1.82) is 0 Å². The lowest BCUT2D eigenvalue weighted by Crippen LogP contribution is -2.37. The number of carbonyl (C=O) groups is 1. The summed E-state index contributed by atoms with van der Waals surface area (Å²) in [7, 11) is 0. The average Bonchev–Trinajstić information content (AvgIpc) is 2.92. The molecule has 2 heterocycles. The van der Waals surface area contributed by atoms with E-state index >= 15 is 0 Å². The van der Waals surface area contributed by atoms with Crippen LogP contribution in [0.3, 0.4) is 0 Å². The van der Waals surface area contributed by atoms with Crippen LogP contribution in [0.25, 0.3) is 11.3 Å². The van der Waals surface area contributed by atoms with E-state index < -0.39 is 6.23 Å². The van der Waals surface area contributed by atoms with Gasteiger partial charge in [0.1, 0.15) is 0 Å². The fourth-order valence-electron chi connectivity index (χ4n) is 3.63. The van der Waals surface area contributed by atoms with Gasteiger partial charge in [-0.1, -0.05) is 67.9 Å². The fraction of sp³-hybridized carbons (Fsp3) is 0.360. The SMILES string of the molecule is CCCC(=O)N1c2ccc(C)cc2-c2nnc(SCC(C)C)nc2O[C@@H]1c1ccc(Cl)cc1. The molecule has 172 valence electrons. The number of halogens is 1. The van der Waals surface area contributed by atoms with Crippen LogP contribution in [0.5, 0.6) is 5.88 Å².